The van der Waals surface area contributed by atoms with Gasteiger partial charge in [-0.15, -0.1) is 11.6 Å². The van der Waals surface area contributed by atoms with Crippen molar-refractivity contribution in [3.8, 4) is 0 Å². The van der Waals surface area contributed by atoms with Gasteiger partial charge in [-0.2, -0.15) is 13.2 Å². The van der Waals surface area contributed by atoms with Gasteiger partial charge in [-0.25, -0.2) is 4.98 Å². The summed E-state index contributed by atoms with van der Waals surface area (Å²) in [6.07, 6.45) is -3.49. The van der Waals surface area contributed by atoms with E-state index in [4.69, 9.17) is 23.2 Å². The van der Waals surface area contributed by atoms with Crippen molar-refractivity contribution in [2.45, 2.75) is 19.0 Å². The number of imidazole rings is 1. The molecule has 2 aromatic rings. The topological polar surface area (TPSA) is 17.3 Å². The first-order valence-corrected chi connectivity index (χ1v) is 5.56. The van der Waals surface area contributed by atoms with Crippen LogP contribution in [0.2, 0.25) is 5.02 Å². The molecule has 0 amide bonds. The fraction of sp³-hybridized carbons (Fsp3) is 0.300. The number of halogens is 5. The highest BCUT2D eigenvalue weighted by Gasteiger charge is 2.32. The normalized spacial score (nSPS) is 12.4. The Labute approximate surface area is 105 Å². The molecule has 0 aliphatic carbocycles. The first-order chi connectivity index (χ1) is 7.84. The molecule has 0 aromatic carbocycles. The lowest BCUT2D eigenvalue weighted by Gasteiger charge is -2.09. The molecule has 0 aliphatic rings. The van der Waals surface area contributed by atoms with Crippen LogP contribution in [0.1, 0.15) is 17.0 Å². The quantitative estimate of drug-likeness (QED) is 0.721. The third-order valence-corrected chi connectivity index (χ3v) is 2.96. The van der Waals surface area contributed by atoms with Crippen LogP contribution in [0.3, 0.4) is 0 Å². The highest BCUT2D eigenvalue weighted by atomic mass is 35.5. The number of rotatable bonds is 1. The minimum atomic E-state index is -4.44. The van der Waals surface area contributed by atoms with Crippen LogP contribution in [-0.4, -0.2) is 9.38 Å². The van der Waals surface area contributed by atoms with Gasteiger partial charge in [0.05, 0.1) is 27.9 Å². The molecule has 0 unspecified atom stereocenters. The van der Waals surface area contributed by atoms with E-state index in [1.165, 1.54) is 4.40 Å². The minimum absolute atomic E-state index is 0.0423. The molecular weight excluding hydrogens is 276 g/mol. The molecule has 0 fully saturated rings. The molecule has 0 saturated heterocycles. The van der Waals surface area contributed by atoms with Crippen molar-refractivity contribution in [1.82, 2.24) is 9.38 Å². The van der Waals surface area contributed by atoms with Gasteiger partial charge in [0.1, 0.15) is 0 Å². The molecule has 2 heterocycles. The van der Waals surface area contributed by atoms with Gasteiger partial charge < -0.3 is 4.40 Å². The smallest absolute Gasteiger partial charge is 0.301 e. The van der Waals surface area contributed by atoms with Crippen LogP contribution in [0, 0.1) is 6.92 Å². The fourth-order valence-electron chi connectivity index (χ4n) is 1.58. The number of hydrogen-bond donors (Lipinski definition) is 0. The Bertz CT molecular complexity index is 575. The van der Waals surface area contributed by atoms with E-state index < -0.39 is 11.7 Å². The van der Waals surface area contributed by atoms with Gasteiger partial charge in [0.25, 0.3) is 0 Å². The molecule has 2 aromatic heterocycles. The standard InChI is InChI=1S/C10H7Cl2F3N2/c1-5-8(3-11)17-4-6(10(13,14)15)2-7(12)9(17)16-5/h2,4H,3H2,1H3. The first-order valence-electron chi connectivity index (χ1n) is 4.65. The second-order valence-corrected chi connectivity index (χ2v) is 4.22. The molecule has 2 rings (SSSR count). The molecule has 2 nitrogen and oxygen atoms in total. The number of pyridine rings is 1. The third kappa shape index (κ3) is 2.09. The van der Waals surface area contributed by atoms with Gasteiger partial charge >= 0.3 is 6.18 Å². The molecule has 0 N–H and O–H groups in total. The Balaban J connectivity index is 2.79. The zero-order chi connectivity index (χ0) is 12.8. The van der Waals surface area contributed by atoms with E-state index in [2.05, 4.69) is 4.98 Å². The average molecular weight is 283 g/mol. The largest absolute Gasteiger partial charge is 0.417 e. The molecule has 0 bridgehead atoms. The maximum Gasteiger partial charge on any atom is 0.417 e. The summed E-state index contributed by atoms with van der Waals surface area (Å²) >= 11 is 11.5. The van der Waals surface area contributed by atoms with Crippen LogP contribution >= 0.6 is 23.2 Å². The van der Waals surface area contributed by atoms with E-state index >= 15 is 0 Å². The lowest BCUT2D eigenvalue weighted by atomic mass is 10.2. The van der Waals surface area contributed by atoms with Gasteiger partial charge in [0.15, 0.2) is 5.65 Å². The summed E-state index contributed by atoms with van der Waals surface area (Å²) in [7, 11) is 0. The summed E-state index contributed by atoms with van der Waals surface area (Å²) in [5.41, 5.74) is 0.544. The van der Waals surface area contributed by atoms with Crippen LogP contribution in [0.4, 0.5) is 13.2 Å². The second kappa shape index (κ2) is 4.07. The molecule has 0 radical (unpaired) electrons. The maximum absolute atomic E-state index is 12.6. The van der Waals surface area contributed by atoms with Crippen LogP contribution in [-0.2, 0) is 12.1 Å². The lowest BCUT2D eigenvalue weighted by Crippen LogP contribution is -2.07. The van der Waals surface area contributed by atoms with E-state index in [9.17, 15) is 13.2 Å². The molecule has 0 aliphatic heterocycles. The zero-order valence-electron chi connectivity index (χ0n) is 8.65. The van der Waals surface area contributed by atoms with Crippen molar-refractivity contribution >= 4 is 28.8 Å². The summed E-state index contributed by atoms with van der Waals surface area (Å²) in [5, 5.41) is -0.0423. The van der Waals surface area contributed by atoms with E-state index in [1.807, 2.05) is 0 Å². The summed E-state index contributed by atoms with van der Waals surface area (Å²) in [6.45, 7) is 1.67. The van der Waals surface area contributed by atoms with Gasteiger partial charge in [0.2, 0.25) is 0 Å². The summed E-state index contributed by atoms with van der Waals surface area (Å²) < 4.78 is 39.1. The monoisotopic (exact) mass is 282 g/mol. The van der Waals surface area contributed by atoms with Crippen LogP contribution in [0.5, 0.6) is 0 Å². The summed E-state index contributed by atoms with van der Waals surface area (Å²) in [4.78, 5) is 4.09. The zero-order valence-corrected chi connectivity index (χ0v) is 10.2. The molecule has 7 heteroatoms. The Kier molecular flexibility index (Phi) is 2.99. The molecular formula is C10H7Cl2F3N2. The third-order valence-electron chi connectivity index (χ3n) is 2.43. The predicted molar refractivity (Wildman–Crippen MR) is 59.5 cm³/mol. The van der Waals surface area contributed by atoms with Crippen molar-refractivity contribution in [3.63, 3.8) is 0 Å². The SMILES string of the molecule is Cc1nc2c(Cl)cc(C(F)(F)F)cn2c1CCl. The molecule has 0 atom stereocenters. The Morgan fingerprint density at radius 3 is 2.59 bits per heavy atom. The Hall–Kier alpha value is -0.940. The van der Waals surface area contributed by atoms with Crippen molar-refractivity contribution in [2.24, 2.45) is 0 Å². The molecule has 0 spiro atoms. The summed E-state index contributed by atoms with van der Waals surface area (Å²) in [6, 6.07) is 0.862. The molecule has 92 valence electrons. The van der Waals surface area contributed by atoms with E-state index in [-0.39, 0.29) is 16.5 Å². The van der Waals surface area contributed by atoms with Crippen molar-refractivity contribution < 1.29 is 13.2 Å². The van der Waals surface area contributed by atoms with Crippen LogP contribution in [0.25, 0.3) is 5.65 Å². The predicted octanol–water partition coefficient (Wildman–Crippen LogP) is 4.05. The second-order valence-electron chi connectivity index (χ2n) is 3.55. The highest BCUT2D eigenvalue weighted by Crippen LogP contribution is 2.33. The Morgan fingerprint density at radius 1 is 1.41 bits per heavy atom. The fourth-order valence-corrected chi connectivity index (χ4v) is 2.15. The number of fused-ring (bicyclic) bond motifs is 1. The van der Waals surface area contributed by atoms with Crippen molar-refractivity contribution in [1.29, 1.82) is 0 Å². The maximum atomic E-state index is 12.6. The van der Waals surface area contributed by atoms with Crippen molar-refractivity contribution in [3.05, 3.63) is 34.2 Å². The number of aryl methyl sites for hydroxylation is 1. The van der Waals surface area contributed by atoms with E-state index in [0.717, 1.165) is 12.3 Å². The number of alkyl halides is 4. The van der Waals surface area contributed by atoms with Gasteiger partial charge in [0, 0.05) is 6.20 Å². The average Bonchev–Trinajstić information content (AvgIpc) is 2.53. The minimum Gasteiger partial charge on any atom is -0.301 e. The van der Waals surface area contributed by atoms with E-state index in [0.29, 0.717) is 11.4 Å². The highest BCUT2D eigenvalue weighted by molar-refractivity contribution is 6.33. The molecule has 0 saturated carbocycles. The Morgan fingerprint density at radius 2 is 2.06 bits per heavy atom. The lowest BCUT2D eigenvalue weighted by molar-refractivity contribution is -0.137. The van der Waals surface area contributed by atoms with Gasteiger partial charge in [-0.3, -0.25) is 0 Å². The number of hydrogen-bond acceptors (Lipinski definition) is 1. The van der Waals surface area contributed by atoms with E-state index in [1.54, 1.807) is 6.92 Å². The van der Waals surface area contributed by atoms with Gasteiger partial charge in [-0.05, 0) is 13.0 Å². The first kappa shape index (κ1) is 12.5. The summed E-state index contributed by atoms with van der Waals surface area (Å²) in [5.74, 6) is 0.0740. The van der Waals surface area contributed by atoms with Crippen molar-refractivity contribution in [2.75, 3.05) is 0 Å². The van der Waals surface area contributed by atoms with Crippen LogP contribution < -0.4 is 0 Å². The molecule has 17 heavy (non-hydrogen) atoms. The van der Waals surface area contributed by atoms with Crippen LogP contribution in [0.15, 0.2) is 12.3 Å². The van der Waals surface area contributed by atoms with Gasteiger partial charge in [-0.1, -0.05) is 11.6 Å². The number of aromatic nitrogens is 2. The number of nitrogens with zero attached hydrogens (tertiary/aromatic N) is 2.